The van der Waals surface area contributed by atoms with Gasteiger partial charge in [0, 0.05) is 22.2 Å². The van der Waals surface area contributed by atoms with E-state index < -0.39 is 5.97 Å². The molecule has 1 aliphatic heterocycles. The third-order valence-corrected chi connectivity index (χ3v) is 6.05. The van der Waals surface area contributed by atoms with Crippen LogP contribution in [0.1, 0.15) is 28.5 Å². The molecule has 0 bridgehead atoms. The van der Waals surface area contributed by atoms with Crippen LogP contribution in [-0.4, -0.2) is 39.3 Å². The standard InChI is InChI=1S/C24H21N3O5S/c1-3-32-21(28)13-27-14(2)18(17-6-4-5-7-19(17)27)12-20-22(29)26-24(33-20)25-16-10-8-15(9-11-16)23(30)31/h4-12H,3,13H2,1-2H3,(H,30,31)(H,25,26,29)/b20-12-. The number of fused-ring (bicyclic) bond motifs is 1. The minimum Gasteiger partial charge on any atom is -0.478 e. The molecular formula is C24H21N3O5S. The quantitative estimate of drug-likeness (QED) is 0.421. The van der Waals surface area contributed by atoms with Crippen LogP contribution in [-0.2, 0) is 20.9 Å². The minimum absolute atomic E-state index is 0.0851. The molecule has 4 rings (SSSR count). The maximum absolute atomic E-state index is 12.6. The fourth-order valence-electron chi connectivity index (χ4n) is 3.59. The van der Waals surface area contributed by atoms with Gasteiger partial charge in [-0.2, -0.15) is 0 Å². The molecule has 0 atom stereocenters. The van der Waals surface area contributed by atoms with Gasteiger partial charge in [0.1, 0.15) is 6.54 Å². The zero-order chi connectivity index (χ0) is 23.5. The molecule has 2 N–H and O–H groups in total. The number of carbonyl (C=O) groups excluding carboxylic acids is 2. The summed E-state index contributed by atoms with van der Waals surface area (Å²) in [5, 5.41) is 13.1. The molecule has 1 saturated heterocycles. The lowest BCUT2D eigenvalue weighted by Crippen LogP contribution is -2.19. The lowest BCUT2D eigenvalue weighted by Gasteiger charge is -2.07. The molecule has 1 fully saturated rings. The van der Waals surface area contributed by atoms with E-state index in [4.69, 9.17) is 9.84 Å². The number of carboxylic acid groups (broad SMARTS) is 1. The van der Waals surface area contributed by atoms with Crippen LogP contribution in [0.4, 0.5) is 5.69 Å². The molecule has 0 radical (unpaired) electrons. The van der Waals surface area contributed by atoms with E-state index in [9.17, 15) is 14.4 Å². The highest BCUT2D eigenvalue weighted by molar-refractivity contribution is 8.18. The first-order chi connectivity index (χ1) is 15.9. The summed E-state index contributed by atoms with van der Waals surface area (Å²) < 4.78 is 6.99. The van der Waals surface area contributed by atoms with Crippen molar-refractivity contribution in [2.45, 2.75) is 20.4 Å². The molecule has 1 aliphatic rings. The fraction of sp³-hybridized carbons (Fsp3) is 0.167. The monoisotopic (exact) mass is 463 g/mol. The summed E-state index contributed by atoms with van der Waals surface area (Å²) in [6.45, 7) is 4.07. The summed E-state index contributed by atoms with van der Waals surface area (Å²) in [5.74, 6) is -1.61. The number of aromatic carboxylic acids is 1. The van der Waals surface area contributed by atoms with E-state index >= 15 is 0 Å². The topological polar surface area (TPSA) is 110 Å². The van der Waals surface area contributed by atoms with Crippen molar-refractivity contribution in [3.8, 4) is 0 Å². The average Bonchev–Trinajstić information content (AvgIpc) is 3.26. The van der Waals surface area contributed by atoms with Crippen molar-refractivity contribution in [2.24, 2.45) is 4.99 Å². The number of para-hydroxylation sites is 1. The van der Waals surface area contributed by atoms with Gasteiger partial charge in [0.25, 0.3) is 5.91 Å². The number of carboxylic acids is 1. The number of carbonyl (C=O) groups is 3. The summed E-state index contributed by atoms with van der Waals surface area (Å²) in [6, 6.07) is 13.8. The number of rotatable bonds is 6. The lowest BCUT2D eigenvalue weighted by atomic mass is 10.1. The summed E-state index contributed by atoms with van der Waals surface area (Å²) in [4.78, 5) is 40.6. The van der Waals surface area contributed by atoms with Gasteiger partial charge < -0.3 is 19.7 Å². The molecule has 0 saturated carbocycles. The van der Waals surface area contributed by atoms with Crippen molar-refractivity contribution < 1.29 is 24.2 Å². The predicted molar refractivity (Wildman–Crippen MR) is 128 cm³/mol. The summed E-state index contributed by atoms with van der Waals surface area (Å²) in [5.41, 5.74) is 3.27. The van der Waals surface area contributed by atoms with Gasteiger partial charge >= 0.3 is 11.9 Å². The summed E-state index contributed by atoms with van der Waals surface area (Å²) in [7, 11) is 0. The van der Waals surface area contributed by atoms with Gasteiger partial charge in [0.2, 0.25) is 0 Å². The van der Waals surface area contributed by atoms with Crippen molar-refractivity contribution in [1.82, 2.24) is 9.88 Å². The third kappa shape index (κ3) is 4.68. The highest BCUT2D eigenvalue weighted by atomic mass is 32.2. The Kier molecular flexibility index (Phi) is 6.32. The Morgan fingerprint density at radius 1 is 1.18 bits per heavy atom. The number of thioether (sulfide) groups is 1. The van der Waals surface area contributed by atoms with E-state index in [2.05, 4.69) is 10.3 Å². The molecular weight excluding hydrogens is 442 g/mol. The van der Waals surface area contributed by atoms with Gasteiger partial charge in [0.05, 0.1) is 22.8 Å². The number of amidine groups is 1. The first-order valence-electron chi connectivity index (χ1n) is 10.2. The second-order valence-electron chi connectivity index (χ2n) is 7.24. The molecule has 0 spiro atoms. The Morgan fingerprint density at radius 3 is 2.61 bits per heavy atom. The first-order valence-corrected chi connectivity index (χ1v) is 11.1. The number of aromatic nitrogens is 1. The van der Waals surface area contributed by atoms with E-state index in [1.165, 1.54) is 23.9 Å². The summed E-state index contributed by atoms with van der Waals surface area (Å²) in [6.07, 6.45) is 1.80. The second-order valence-corrected chi connectivity index (χ2v) is 8.27. The molecule has 3 aromatic rings. The number of benzene rings is 2. The number of esters is 1. The maximum Gasteiger partial charge on any atom is 0.335 e. The predicted octanol–water partition coefficient (Wildman–Crippen LogP) is 4.10. The zero-order valence-corrected chi connectivity index (χ0v) is 18.8. The average molecular weight is 464 g/mol. The molecule has 33 heavy (non-hydrogen) atoms. The van der Waals surface area contributed by atoms with Crippen LogP contribution < -0.4 is 5.32 Å². The molecule has 2 aromatic carbocycles. The Morgan fingerprint density at radius 2 is 1.91 bits per heavy atom. The normalized spacial score (nSPS) is 15.9. The highest BCUT2D eigenvalue weighted by Crippen LogP contribution is 2.33. The molecule has 168 valence electrons. The number of hydrogen-bond donors (Lipinski definition) is 2. The molecule has 1 aromatic heterocycles. The van der Waals surface area contributed by atoms with E-state index in [1.54, 1.807) is 25.1 Å². The van der Waals surface area contributed by atoms with Crippen LogP contribution in [0.25, 0.3) is 17.0 Å². The summed E-state index contributed by atoms with van der Waals surface area (Å²) >= 11 is 1.20. The minimum atomic E-state index is -1.01. The largest absolute Gasteiger partial charge is 0.478 e. The van der Waals surface area contributed by atoms with Crippen molar-refractivity contribution in [2.75, 3.05) is 6.61 Å². The molecule has 0 unspecified atom stereocenters. The second kappa shape index (κ2) is 9.33. The SMILES string of the molecule is CCOC(=O)Cn1c(C)c(/C=C2\SC(=Nc3ccc(C(=O)O)cc3)NC2=O)c2ccccc21. The van der Waals surface area contributed by atoms with Crippen LogP contribution in [0.3, 0.4) is 0 Å². The van der Waals surface area contributed by atoms with Gasteiger partial charge in [-0.15, -0.1) is 0 Å². The van der Waals surface area contributed by atoms with Crippen LogP contribution in [0.15, 0.2) is 58.4 Å². The Bertz CT molecular complexity index is 1320. The first kappa shape index (κ1) is 22.3. The molecule has 9 heteroatoms. The third-order valence-electron chi connectivity index (χ3n) is 5.14. The van der Waals surface area contributed by atoms with Crippen LogP contribution >= 0.6 is 11.8 Å². The van der Waals surface area contributed by atoms with E-state index in [0.717, 1.165) is 22.2 Å². The molecule has 0 aliphatic carbocycles. The van der Waals surface area contributed by atoms with Crippen LogP contribution in [0.2, 0.25) is 0 Å². The lowest BCUT2D eigenvalue weighted by molar-refractivity contribution is -0.143. The number of nitrogens with zero attached hydrogens (tertiary/aromatic N) is 2. The van der Waals surface area contributed by atoms with Gasteiger partial charge in [-0.3, -0.25) is 9.59 Å². The van der Waals surface area contributed by atoms with Gasteiger partial charge in [0.15, 0.2) is 5.17 Å². The number of aliphatic imine (C=N–C) groups is 1. The Hall–Kier alpha value is -3.85. The van der Waals surface area contributed by atoms with Gasteiger partial charge in [-0.1, -0.05) is 18.2 Å². The number of ether oxygens (including phenoxy) is 1. The smallest absolute Gasteiger partial charge is 0.335 e. The Balaban J connectivity index is 1.66. The van der Waals surface area contributed by atoms with Gasteiger partial charge in [-0.25, -0.2) is 9.79 Å². The fourth-order valence-corrected chi connectivity index (χ4v) is 4.41. The van der Waals surface area contributed by atoms with E-state index in [0.29, 0.717) is 22.4 Å². The van der Waals surface area contributed by atoms with E-state index in [-0.39, 0.29) is 24.0 Å². The van der Waals surface area contributed by atoms with Crippen molar-refractivity contribution in [3.05, 3.63) is 70.3 Å². The van der Waals surface area contributed by atoms with Crippen molar-refractivity contribution >= 4 is 57.4 Å². The van der Waals surface area contributed by atoms with Crippen molar-refractivity contribution in [1.29, 1.82) is 0 Å². The molecule has 1 amide bonds. The van der Waals surface area contributed by atoms with Crippen molar-refractivity contribution in [3.63, 3.8) is 0 Å². The molecule has 8 nitrogen and oxygen atoms in total. The number of nitrogens with one attached hydrogen (secondary N) is 1. The maximum atomic E-state index is 12.6. The van der Waals surface area contributed by atoms with Gasteiger partial charge in [-0.05, 0) is 62.0 Å². The Labute approximate surface area is 194 Å². The van der Waals surface area contributed by atoms with E-state index in [1.807, 2.05) is 35.8 Å². The highest BCUT2D eigenvalue weighted by Gasteiger charge is 2.25. The zero-order valence-electron chi connectivity index (χ0n) is 18.0. The molecule has 2 heterocycles. The van der Waals surface area contributed by atoms with Crippen LogP contribution in [0, 0.1) is 6.92 Å². The number of amides is 1. The number of hydrogen-bond acceptors (Lipinski definition) is 6. The van der Waals surface area contributed by atoms with Crippen LogP contribution in [0.5, 0.6) is 0 Å².